The lowest BCUT2D eigenvalue weighted by atomic mass is 9.95. The van der Waals surface area contributed by atoms with Crippen LogP contribution in [0, 0.1) is 25.7 Å². The van der Waals surface area contributed by atoms with E-state index in [0.29, 0.717) is 28.8 Å². The molecule has 0 aliphatic heterocycles. The Hall–Kier alpha value is -2.02. The normalized spacial score (nSPS) is 23.6. The fourth-order valence-electron chi connectivity index (χ4n) is 4.31. The second-order valence-corrected chi connectivity index (χ2v) is 8.64. The van der Waals surface area contributed by atoms with E-state index >= 15 is 0 Å². The minimum atomic E-state index is 0.0452. The molecule has 1 aromatic heterocycles. The number of thioether (sulfide) groups is 1. The molecule has 1 N–H and O–H groups in total. The van der Waals surface area contributed by atoms with Crippen molar-refractivity contribution in [1.82, 2.24) is 15.5 Å². The van der Waals surface area contributed by atoms with Gasteiger partial charge in [0.1, 0.15) is 5.75 Å². The van der Waals surface area contributed by atoms with Crippen LogP contribution in [0.1, 0.15) is 42.7 Å². The topological polar surface area (TPSA) is 77.2 Å². The maximum atomic E-state index is 12.2. The number of carbonyl (C=O) groups is 1. The number of fused-ring (bicyclic) bond motifs is 2. The van der Waals surface area contributed by atoms with E-state index in [-0.39, 0.29) is 12.5 Å². The molecule has 1 heterocycles. The van der Waals surface area contributed by atoms with Gasteiger partial charge in [0.05, 0.1) is 5.75 Å². The van der Waals surface area contributed by atoms with Gasteiger partial charge in [0.2, 0.25) is 5.91 Å². The summed E-state index contributed by atoms with van der Waals surface area (Å²) in [5, 5.41) is 11.6. The third kappa shape index (κ3) is 4.64. The Morgan fingerprint density at radius 3 is 2.74 bits per heavy atom. The second-order valence-electron chi connectivity index (χ2n) is 7.71. The summed E-state index contributed by atoms with van der Waals surface area (Å²) in [4.78, 5) is 12.2. The highest BCUT2D eigenvalue weighted by Crippen LogP contribution is 2.44. The standard InChI is InChI=1S/C20H25N3O3S/c1-12-5-13(2)7-16(6-12)25-10-19-22-23-20(26-19)27-11-18(24)21-17-9-14-3-4-15(17)8-14/h5-7,14-15,17H,3-4,8-11H2,1-2H3,(H,21,24)/t14-,15-,17-/m1/s1. The number of carbonyl (C=O) groups excluding carboxylic acids is 1. The Labute approximate surface area is 163 Å². The lowest BCUT2D eigenvalue weighted by molar-refractivity contribution is -0.119. The van der Waals surface area contributed by atoms with E-state index in [0.717, 1.165) is 29.2 Å². The van der Waals surface area contributed by atoms with Gasteiger partial charge in [-0.3, -0.25) is 4.79 Å². The van der Waals surface area contributed by atoms with E-state index in [1.165, 1.54) is 31.0 Å². The van der Waals surface area contributed by atoms with Crippen molar-refractivity contribution in [2.24, 2.45) is 11.8 Å². The predicted octanol–water partition coefficient (Wildman–Crippen LogP) is 3.66. The van der Waals surface area contributed by atoms with E-state index < -0.39 is 0 Å². The lowest BCUT2D eigenvalue weighted by Crippen LogP contribution is -2.39. The molecule has 0 unspecified atom stereocenters. The van der Waals surface area contributed by atoms with Crippen LogP contribution in [0.3, 0.4) is 0 Å². The van der Waals surface area contributed by atoms with Gasteiger partial charge in [0, 0.05) is 6.04 Å². The molecule has 2 aromatic rings. The van der Waals surface area contributed by atoms with Gasteiger partial charge in [0.15, 0.2) is 6.61 Å². The van der Waals surface area contributed by atoms with Gasteiger partial charge >= 0.3 is 0 Å². The largest absolute Gasteiger partial charge is 0.484 e. The molecule has 1 amide bonds. The average molecular weight is 388 g/mol. The molecule has 144 valence electrons. The van der Waals surface area contributed by atoms with E-state index in [4.69, 9.17) is 9.15 Å². The zero-order chi connectivity index (χ0) is 18.8. The molecule has 0 spiro atoms. The van der Waals surface area contributed by atoms with Gasteiger partial charge in [-0.25, -0.2) is 0 Å². The van der Waals surface area contributed by atoms with Crippen LogP contribution in [0.2, 0.25) is 0 Å². The predicted molar refractivity (Wildman–Crippen MR) is 103 cm³/mol. The van der Waals surface area contributed by atoms with Crippen LogP contribution >= 0.6 is 11.8 Å². The minimum absolute atomic E-state index is 0.0452. The number of hydrogen-bond acceptors (Lipinski definition) is 6. The molecular weight excluding hydrogens is 362 g/mol. The van der Waals surface area contributed by atoms with Crippen molar-refractivity contribution in [3.05, 3.63) is 35.2 Å². The number of aryl methyl sites for hydroxylation is 2. The van der Waals surface area contributed by atoms with Crippen molar-refractivity contribution in [1.29, 1.82) is 0 Å². The average Bonchev–Trinajstić information content (AvgIpc) is 3.34. The van der Waals surface area contributed by atoms with Crippen LogP contribution in [-0.4, -0.2) is 27.9 Å². The van der Waals surface area contributed by atoms with Gasteiger partial charge in [-0.15, -0.1) is 10.2 Å². The molecule has 2 saturated carbocycles. The lowest BCUT2D eigenvalue weighted by Gasteiger charge is -2.22. The molecule has 2 aliphatic carbocycles. The molecule has 0 radical (unpaired) electrons. The Bertz CT molecular complexity index is 802. The molecule has 2 bridgehead atoms. The molecule has 3 atom stereocenters. The molecule has 1 aromatic carbocycles. The quantitative estimate of drug-likeness (QED) is 0.731. The fourth-order valence-corrected chi connectivity index (χ4v) is 4.90. The van der Waals surface area contributed by atoms with Crippen LogP contribution in [0.25, 0.3) is 0 Å². The van der Waals surface area contributed by atoms with E-state index in [9.17, 15) is 4.79 Å². The highest BCUT2D eigenvalue weighted by atomic mass is 32.2. The van der Waals surface area contributed by atoms with E-state index in [1.807, 2.05) is 26.0 Å². The van der Waals surface area contributed by atoms with Crippen LogP contribution in [-0.2, 0) is 11.4 Å². The highest BCUT2D eigenvalue weighted by Gasteiger charge is 2.40. The number of benzene rings is 1. The number of hydrogen-bond donors (Lipinski definition) is 1. The first-order valence-electron chi connectivity index (χ1n) is 9.51. The third-order valence-corrected chi connectivity index (χ3v) is 6.24. The fraction of sp³-hybridized carbons (Fsp3) is 0.550. The summed E-state index contributed by atoms with van der Waals surface area (Å²) in [6.07, 6.45) is 5.02. The number of ether oxygens (including phenoxy) is 1. The Kier molecular flexibility index (Phi) is 5.38. The van der Waals surface area contributed by atoms with Crippen molar-refractivity contribution in [3.8, 4) is 5.75 Å². The Morgan fingerprint density at radius 2 is 2.04 bits per heavy atom. The van der Waals surface area contributed by atoms with E-state index in [1.54, 1.807) is 0 Å². The molecular formula is C20H25N3O3S. The van der Waals surface area contributed by atoms with Crippen molar-refractivity contribution >= 4 is 17.7 Å². The van der Waals surface area contributed by atoms with Crippen molar-refractivity contribution < 1.29 is 13.9 Å². The Balaban J connectivity index is 1.22. The summed E-state index contributed by atoms with van der Waals surface area (Å²) < 4.78 is 11.3. The van der Waals surface area contributed by atoms with Gasteiger partial charge in [-0.1, -0.05) is 24.2 Å². The molecule has 2 fully saturated rings. The SMILES string of the molecule is Cc1cc(C)cc(OCc2nnc(SCC(=O)N[C@@H]3C[C@@H]4CC[C@@H]3C4)o2)c1. The third-order valence-electron chi connectivity index (χ3n) is 5.42. The maximum absolute atomic E-state index is 12.2. The first kappa shape index (κ1) is 18.3. The monoisotopic (exact) mass is 387 g/mol. The number of nitrogens with zero attached hydrogens (tertiary/aromatic N) is 2. The second kappa shape index (κ2) is 7.92. The maximum Gasteiger partial charge on any atom is 0.277 e. The molecule has 6 nitrogen and oxygen atoms in total. The van der Waals surface area contributed by atoms with Crippen LogP contribution in [0.5, 0.6) is 5.75 Å². The van der Waals surface area contributed by atoms with Crippen LogP contribution in [0.15, 0.2) is 27.8 Å². The summed E-state index contributed by atoms with van der Waals surface area (Å²) >= 11 is 1.27. The highest BCUT2D eigenvalue weighted by molar-refractivity contribution is 7.99. The van der Waals surface area contributed by atoms with Gasteiger partial charge in [-0.05, 0) is 68.2 Å². The molecule has 0 saturated heterocycles. The summed E-state index contributed by atoms with van der Waals surface area (Å²) in [5.74, 6) is 3.04. The summed E-state index contributed by atoms with van der Waals surface area (Å²) in [6.45, 7) is 4.28. The Morgan fingerprint density at radius 1 is 1.22 bits per heavy atom. The van der Waals surface area contributed by atoms with Crippen molar-refractivity contribution in [2.45, 2.75) is 57.4 Å². The summed E-state index contributed by atoms with van der Waals surface area (Å²) in [5.41, 5.74) is 2.29. The first-order chi connectivity index (χ1) is 13.0. The van der Waals surface area contributed by atoms with Crippen LogP contribution in [0.4, 0.5) is 0 Å². The number of aromatic nitrogens is 2. The van der Waals surface area contributed by atoms with Crippen molar-refractivity contribution in [2.75, 3.05) is 5.75 Å². The van der Waals surface area contributed by atoms with Crippen LogP contribution < -0.4 is 10.1 Å². The van der Waals surface area contributed by atoms with Gasteiger partial charge in [0.25, 0.3) is 11.1 Å². The van der Waals surface area contributed by atoms with Gasteiger partial charge in [-0.2, -0.15) is 0 Å². The molecule has 27 heavy (non-hydrogen) atoms. The molecule has 4 rings (SSSR count). The van der Waals surface area contributed by atoms with Gasteiger partial charge < -0.3 is 14.5 Å². The molecule has 2 aliphatic rings. The zero-order valence-electron chi connectivity index (χ0n) is 15.7. The zero-order valence-corrected chi connectivity index (χ0v) is 16.6. The summed E-state index contributed by atoms with van der Waals surface area (Å²) in [6, 6.07) is 6.40. The summed E-state index contributed by atoms with van der Waals surface area (Å²) in [7, 11) is 0. The number of rotatable bonds is 7. The first-order valence-corrected chi connectivity index (χ1v) is 10.5. The number of nitrogens with one attached hydrogen (secondary N) is 1. The number of amides is 1. The van der Waals surface area contributed by atoms with Crippen molar-refractivity contribution in [3.63, 3.8) is 0 Å². The molecule has 7 heteroatoms. The smallest absolute Gasteiger partial charge is 0.277 e. The minimum Gasteiger partial charge on any atom is -0.484 e. The van der Waals surface area contributed by atoms with E-state index in [2.05, 4.69) is 21.6 Å².